The molecular weight excluding hydrogens is 749 g/mol. The Hall–Kier alpha value is -7.16. The second kappa shape index (κ2) is 12.7. The molecule has 2 unspecified atom stereocenters. The van der Waals surface area contributed by atoms with E-state index in [1.807, 2.05) is 0 Å². The minimum absolute atomic E-state index is 0.0675. The van der Waals surface area contributed by atoms with E-state index < -0.39 is 0 Å². The van der Waals surface area contributed by atoms with Gasteiger partial charge in [-0.2, -0.15) is 0 Å². The summed E-state index contributed by atoms with van der Waals surface area (Å²) in [5, 5.41) is 5.03. The van der Waals surface area contributed by atoms with Crippen LogP contribution in [0.3, 0.4) is 0 Å². The van der Waals surface area contributed by atoms with Gasteiger partial charge in [0.25, 0.3) is 0 Å². The molecule has 0 amide bonds. The Morgan fingerprint density at radius 2 is 0.839 bits per heavy atom. The van der Waals surface area contributed by atoms with Crippen LogP contribution in [0.5, 0.6) is 0 Å². The zero-order valence-corrected chi connectivity index (χ0v) is 35.5. The van der Waals surface area contributed by atoms with Crippen molar-refractivity contribution in [2.75, 3.05) is 9.80 Å². The molecule has 2 heterocycles. The lowest BCUT2D eigenvalue weighted by Crippen LogP contribution is -2.35. The van der Waals surface area contributed by atoms with Crippen LogP contribution in [0, 0.1) is 5.92 Å². The maximum absolute atomic E-state index is 2.71. The monoisotopic (exact) mass is 794 g/mol. The molecule has 0 bridgehead atoms. The van der Waals surface area contributed by atoms with Crippen LogP contribution in [0.25, 0.3) is 62.0 Å². The van der Waals surface area contributed by atoms with E-state index >= 15 is 0 Å². The zero-order chi connectivity index (χ0) is 41.5. The van der Waals surface area contributed by atoms with Crippen LogP contribution in [-0.2, 0) is 10.8 Å². The van der Waals surface area contributed by atoms with Crippen molar-refractivity contribution in [1.29, 1.82) is 0 Å². The number of nitrogens with zero attached hydrogens (tertiary/aromatic N) is 2. The van der Waals surface area contributed by atoms with Gasteiger partial charge < -0.3 is 9.80 Å². The van der Waals surface area contributed by atoms with E-state index in [9.17, 15) is 0 Å². The summed E-state index contributed by atoms with van der Waals surface area (Å²) in [5.41, 5.74) is 20.1. The highest BCUT2D eigenvalue weighted by Gasteiger charge is 2.41. The maximum Gasteiger partial charge on any atom is 0.0623 e. The summed E-state index contributed by atoms with van der Waals surface area (Å²) in [6.07, 6.45) is 18.6. The molecule has 2 aliphatic heterocycles. The zero-order valence-electron chi connectivity index (χ0n) is 35.5. The first-order valence-electron chi connectivity index (χ1n) is 22.2. The van der Waals surface area contributed by atoms with Gasteiger partial charge in [-0.3, -0.25) is 0 Å². The number of hydrogen-bond donors (Lipinski definition) is 0. The smallest absolute Gasteiger partial charge is 0.0623 e. The third-order valence-corrected chi connectivity index (χ3v) is 14.9. The van der Waals surface area contributed by atoms with E-state index in [2.05, 4.69) is 232 Å². The first-order chi connectivity index (χ1) is 30.3. The van der Waals surface area contributed by atoms with Gasteiger partial charge in [0.1, 0.15) is 0 Å². The second-order valence-electron chi connectivity index (χ2n) is 18.8. The van der Waals surface area contributed by atoms with Gasteiger partial charge >= 0.3 is 0 Å². The maximum atomic E-state index is 2.71. The van der Waals surface area contributed by atoms with E-state index in [1.54, 1.807) is 0 Å². The first-order valence-corrected chi connectivity index (χ1v) is 22.2. The quantitative estimate of drug-likeness (QED) is 0.161. The standard InChI is InChI=1S/C60H46N2/c1-59(2)49-23-11-9-21-41(49)43-33-45-47(35-51(43)59)58(62-55-27-15-7-19-39(55)31-32-40-20-8-16-28-56(40)62)48-36-52-44(42-22-10-12-24-50(42)60(52,3)4)34-46(48)57(45)61-53-25-13-5-17-37(53)29-30-38-18-6-14-26-54(38)61/h5-36,39,55H,1-4H3. The number of benzene rings is 8. The van der Waals surface area contributed by atoms with Gasteiger partial charge in [0.15, 0.2) is 0 Å². The Bertz CT molecular complexity index is 3210. The lowest BCUT2D eigenvalue weighted by atomic mass is 9.80. The molecule has 2 heteroatoms. The molecule has 0 spiro atoms. The highest BCUT2D eigenvalue weighted by molar-refractivity contribution is 6.25. The van der Waals surface area contributed by atoms with Crippen molar-refractivity contribution in [2.24, 2.45) is 5.92 Å². The molecule has 3 aliphatic carbocycles. The number of allylic oxidation sites excluding steroid dienone is 2. The number of para-hydroxylation sites is 3. The van der Waals surface area contributed by atoms with Crippen molar-refractivity contribution < 1.29 is 0 Å². The molecule has 0 saturated carbocycles. The van der Waals surface area contributed by atoms with E-state index in [0.29, 0.717) is 0 Å². The summed E-state index contributed by atoms with van der Waals surface area (Å²) in [7, 11) is 0. The molecule has 5 aliphatic rings. The fourth-order valence-electron chi connectivity index (χ4n) is 11.8. The van der Waals surface area contributed by atoms with Gasteiger partial charge in [0, 0.05) is 44.0 Å². The fourth-order valence-corrected chi connectivity index (χ4v) is 11.8. The normalized spacial score (nSPS) is 18.9. The molecule has 2 atom stereocenters. The van der Waals surface area contributed by atoms with Crippen molar-refractivity contribution in [3.05, 3.63) is 215 Å². The van der Waals surface area contributed by atoms with Crippen LogP contribution < -0.4 is 9.80 Å². The van der Waals surface area contributed by atoms with E-state index in [-0.39, 0.29) is 22.8 Å². The minimum Gasteiger partial charge on any atom is -0.332 e. The highest BCUT2D eigenvalue weighted by Crippen LogP contribution is 2.59. The molecule has 0 radical (unpaired) electrons. The summed E-state index contributed by atoms with van der Waals surface area (Å²) in [6.45, 7) is 9.67. The van der Waals surface area contributed by atoms with Crippen molar-refractivity contribution >= 4 is 68.2 Å². The molecule has 8 aromatic rings. The number of anilines is 5. The van der Waals surface area contributed by atoms with E-state index in [4.69, 9.17) is 0 Å². The van der Waals surface area contributed by atoms with Gasteiger partial charge in [0.2, 0.25) is 0 Å². The van der Waals surface area contributed by atoms with Crippen molar-refractivity contribution in [3.8, 4) is 22.3 Å². The molecule has 0 saturated heterocycles. The Balaban J connectivity index is 1.27. The summed E-state index contributed by atoms with van der Waals surface area (Å²) in [4.78, 5) is 5.31. The van der Waals surface area contributed by atoms with E-state index in [0.717, 1.165) is 0 Å². The molecule has 62 heavy (non-hydrogen) atoms. The van der Waals surface area contributed by atoms with Crippen LogP contribution in [-0.4, -0.2) is 6.04 Å². The number of rotatable bonds is 2. The van der Waals surface area contributed by atoms with Crippen LogP contribution in [0.15, 0.2) is 176 Å². The molecular formula is C60H46N2. The summed E-state index contributed by atoms with van der Waals surface area (Å²) >= 11 is 0. The third-order valence-electron chi connectivity index (χ3n) is 14.9. The highest BCUT2D eigenvalue weighted by atomic mass is 15.2. The molecule has 13 rings (SSSR count). The van der Waals surface area contributed by atoms with Gasteiger partial charge in [0.05, 0.1) is 28.8 Å². The predicted molar refractivity (Wildman–Crippen MR) is 263 cm³/mol. The van der Waals surface area contributed by atoms with Crippen molar-refractivity contribution in [2.45, 2.75) is 44.6 Å². The molecule has 2 nitrogen and oxygen atoms in total. The molecule has 0 aromatic heterocycles. The number of hydrogen-bond acceptors (Lipinski definition) is 2. The van der Waals surface area contributed by atoms with Crippen LogP contribution in [0.1, 0.15) is 66.6 Å². The third kappa shape index (κ3) is 4.75. The lowest BCUT2D eigenvalue weighted by molar-refractivity contribution is 0.660. The average molecular weight is 795 g/mol. The summed E-state index contributed by atoms with van der Waals surface area (Å²) < 4.78 is 0. The van der Waals surface area contributed by atoms with Gasteiger partial charge in [-0.1, -0.05) is 179 Å². The topological polar surface area (TPSA) is 6.48 Å². The second-order valence-corrected chi connectivity index (χ2v) is 18.8. The first kappa shape index (κ1) is 35.6. The predicted octanol–water partition coefficient (Wildman–Crippen LogP) is 15.8. The van der Waals surface area contributed by atoms with Crippen LogP contribution in [0.2, 0.25) is 0 Å². The Morgan fingerprint density at radius 3 is 1.40 bits per heavy atom. The Morgan fingerprint density at radius 1 is 0.387 bits per heavy atom. The Kier molecular flexibility index (Phi) is 7.28. The molecule has 0 N–H and O–H groups in total. The minimum atomic E-state index is -0.186. The molecule has 296 valence electrons. The Labute approximate surface area is 364 Å². The van der Waals surface area contributed by atoms with Crippen LogP contribution >= 0.6 is 0 Å². The fraction of sp³-hybridized carbons (Fsp3) is 0.133. The average Bonchev–Trinajstić information content (AvgIpc) is 3.48. The molecule has 0 fully saturated rings. The van der Waals surface area contributed by atoms with Crippen molar-refractivity contribution in [3.63, 3.8) is 0 Å². The molecule has 8 aromatic carbocycles. The number of fused-ring (bicyclic) bond motifs is 12. The van der Waals surface area contributed by atoms with Crippen LogP contribution in [0.4, 0.5) is 28.4 Å². The van der Waals surface area contributed by atoms with Gasteiger partial charge in [-0.25, -0.2) is 0 Å². The van der Waals surface area contributed by atoms with Crippen molar-refractivity contribution in [1.82, 2.24) is 0 Å². The lowest BCUT2D eigenvalue weighted by Gasteiger charge is -2.39. The summed E-state index contributed by atoms with van der Waals surface area (Å²) in [5.74, 6) is 0.192. The van der Waals surface area contributed by atoms with Gasteiger partial charge in [-0.15, -0.1) is 0 Å². The summed E-state index contributed by atoms with van der Waals surface area (Å²) in [6, 6.07) is 55.5. The SMILES string of the molecule is CC1(C)c2ccccc2-c2cc3c(N4c5ccccc5C=Cc5ccccc54)c4cc5c(cc4c(N4c6ccccc6C=CC6C=CC=CC64)c3cc21)C(C)(C)c1ccccc1-5. The van der Waals surface area contributed by atoms with E-state index in [1.165, 1.54) is 111 Å². The van der Waals surface area contributed by atoms with Gasteiger partial charge in [-0.05, 0) is 104 Å². The largest absolute Gasteiger partial charge is 0.332 e.